The molecule has 0 saturated heterocycles. The van der Waals surface area contributed by atoms with Gasteiger partial charge < -0.3 is 10.1 Å². The van der Waals surface area contributed by atoms with E-state index in [0.29, 0.717) is 6.54 Å². The molecule has 7 heteroatoms. The molecule has 0 aliphatic heterocycles. The second-order valence-electron chi connectivity index (χ2n) is 9.26. The van der Waals surface area contributed by atoms with E-state index in [1.54, 1.807) is 26.8 Å². The van der Waals surface area contributed by atoms with Crippen LogP contribution < -0.4 is 14.8 Å². The fourth-order valence-electron chi connectivity index (χ4n) is 4.25. The molecule has 0 radical (unpaired) electrons. The van der Waals surface area contributed by atoms with Crippen molar-refractivity contribution in [1.82, 2.24) is 10.0 Å². The first-order valence-corrected chi connectivity index (χ1v) is 12.1. The molecule has 6 nitrogen and oxygen atoms in total. The Kier molecular flexibility index (Phi) is 6.76. The van der Waals surface area contributed by atoms with Gasteiger partial charge in [0.1, 0.15) is 10.6 Å². The summed E-state index contributed by atoms with van der Waals surface area (Å²) in [5.41, 5.74) is 0.787. The van der Waals surface area contributed by atoms with Crippen molar-refractivity contribution in [2.45, 2.75) is 62.3 Å². The Balaban J connectivity index is 1.84. The highest BCUT2D eigenvalue weighted by Gasteiger charge is 2.36. The molecule has 0 heterocycles. The van der Waals surface area contributed by atoms with Crippen molar-refractivity contribution in [3.8, 4) is 5.75 Å². The van der Waals surface area contributed by atoms with Crippen LogP contribution in [-0.2, 0) is 15.4 Å². The van der Waals surface area contributed by atoms with Crippen molar-refractivity contribution in [2.75, 3.05) is 13.7 Å². The van der Waals surface area contributed by atoms with Gasteiger partial charge in [-0.25, -0.2) is 13.1 Å². The SMILES string of the molecule is COc1ccc(C(=O)NCC2(c3ccccc3)CCCC2)cc1S(=O)(=O)NC(C)(C)C. The Bertz CT molecular complexity index is 1020. The van der Waals surface area contributed by atoms with Gasteiger partial charge in [0, 0.05) is 23.1 Å². The van der Waals surface area contributed by atoms with Gasteiger partial charge in [-0.05, 0) is 57.4 Å². The Labute approximate surface area is 185 Å². The highest BCUT2D eigenvalue weighted by Crippen LogP contribution is 2.40. The maximum absolute atomic E-state index is 13.0. The average Bonchev–Trinajstić information content (AvgIpc) is 3.21. The number of nitrogens with one attached hydrogen (secondary N) is 2. The summed E-state index contributed by atoms with van der Waals surface area (Å²) >= 11 is 0. The normalized spacial score (nSPS) is 16.1. The number of carbonyl (C=O) groups excluding carboxylic acids is 1. The molecule has 0 atom stereocenters. The minimum atomic E-state index is -3.86. The summed E-state index contributed by atoms with van der Waals surface area (Å²) in [6, 6.07) is 14.8. The van der Waals surface area contributed by atoms with Crippen LogP contribution in [0, 0.1) is 0 Å². The number of hydrogen-bond acceptors (Lipinski definition) is 4. The Hall–Kier alpha value is -2.38. The Morgan fingerprint density at radius 3 is 2.29 bits per heavy atom. The van der Waals surface area contributed by atoms with Crippen molar-refractivity contribution in [3.05, 3.63) is 59.7 Å². The van der Waals surface area contributed by atoms with E-state index in [1.165, 1.54) is 24.8 Å². The number of amides is 1. The minimum Gasteiger partial charge on any atom is -0.495 e. The Morgan fingerprint density at radius 1 is 1.06 bits per heavy atom. The van der Waals surface area contributed by atoms with Crippen LogP contribution >= 0.6 is 0 Å². The molecule has 0 unspecified atom stereocenters. The summed E-state index contributed by atoms with van der Waals surface area (Å²) in [5.74, 6) is -0.0954. The van der Waals surface area contributed by atoms with Crippen LogP contribution in [0.5, 0.6) is 5.75 Å². The molecule has 1 amide bonds. The van der Waals surface area contributed by atoms with E-state index in [2.05, 4.69) is 22.2 Å². The van der Waals surface area contributed by atoms with Crippen LogP contribution in [0.4, 0.5) is 0 Å². The van der Waals surface area contributed by atoms with Crippen LogP contribution in [0.2, 0.25) is 0 Å². The van der Waals surface area contributed by atoms with Crippen LogP contribution in [0.25, 0.3) is 0 Å². The molecule has 1 fully saturated rings. The number of rotatable bonds is 7. The number of ether oxygens (including phenoxy) is 1. The fraction of sp³-hybridized carbons (Fsp3) is 0.458. The molecule has 2 aromatic carbocycles. The molecular formula is C24H32N2O4S. The zero-order valence-electron chi connectivity index (χ0n) is 18.7. The summed E-state index contributed by atoms with van der Waals surface area (Å²) in [6.45, 7) is 5.80. The Morgan fingerprint density at radius 2 is 1.71 bits per heavy atom. The highest BCUT2D eigenvalue weighted by molar-refractivity contribution is 7.89. The lowest BCUT2D eigenvalue weighted by Crippen LogP contribution is -2.41. The lowest BCUT2D eigenvalue weighted by Gasteiger charge is -2.30. The van der Waals surface area contributed by atoms with Gasteiger partial charge in [-0.3, -0.25) is 4.79 Å². The van der Waals surface area contributed by atoms with E-state index in [0.717, 1.165) is 25.7 Å². The van der Waals surface area contributed by atoms with Gasteiger partial charge in [0.25, 0.3) is 5.91 Å². The van der Waals surface area contributed by atoms with Crippen molar-refractivity contribution in [1.29, 1.82) is 0 Å². The molecule has 1 aliphatic carbocycles. The standard InChI is InChI=1S/C24H32N2O4S/c1-23(2,3)26-31(28,29)21-16-18(12-13-20(21)30-4)22(27)25-17-24(14-8-9-15-24)19-10-6-5-7-11-19/h5-7,10-13,16,26H,8-9,14-15,17H2,1-4H3,(H,25,27). The molecule has 0 spiro atoms. The van der Waals surface area contributed by atoms with Gasteiger partial charge in [-0.15, -0.1) is 0 Å². The molecule has 1 aliphatic rings. The summed E-state index contributed by atoms with van der Waals surface area (Å²) in [7, 11) is -2.45. The zero-order valence-corrected chi connectivity index (χ0v) is 19.5. The summed E-state index contributed by atoms with van der Waals surface area (Å²) in [4.78, 5) is 12.9. The fourth-order valence-corrected chi connectivity index (χ4v) is 5.86. The summed E-state index contributed by atoms with van der Waals surface area (Å²) in [6.07, 6.45) is 4.31. The zero-order chi connectivity index (χ0) is 22.7. The van der Waals surface area contributed by atoms with E-state index in [4.69, 9.17) is 4.74 Å². The van der Waals surface area contributed by atoms with Crippen LogP contribution in [0.3, 0.4) is 0 Å². The second kappa shape index (κ2) is 9.01. The first-order chi connectivity index (χ1) is 14.6. The topological polar surface area (TPSA) is 84.5 Å². The third kappa shape index (κ3) is 5.46. The molecular weight excluding hydrogens is 412 g/mol. The highest BCUT2D eigenvalue weighted by atomic mass is 32.2. The average molecular weight is 445 g/mol. The van der Waals surface area contributed by atoms with E-state index in [1.807, 2.05) is 18.2 Å². The summed E-state index contributed by atoms with van der Waals surface area (Å²) < 4.78 is 33.6. The largest absolute Gasteiger partial charge is 0.495 e. The van der Waals surface area contributed by atoms with Crippen molar-refractivity contribution in [3.63, 3.8) is 0 Å². The first-order valence-electron chi connectivity index (χ1n) is 10.6. The predicted molar refractivity (Wildman–Crippen MR) is 122 cm³/mol. The molecule has 31 heavy (non-hydrogen) atoms. The maximum atomic E-state index is 13.0. The van der Waals surface area contributed by atoms with Gasteiger partial charge in [0.15, 0.2) is 0 Å². The molecule has 0 aromatic heterocycles. The van der Waals surface area contributed by atoms with Crippen LogP contribution in [0.1, 0.15) is 62.4 Å². The first kappa shape index (κ1) is 23.3. The van der Waals surface area contributed by atoms with E-state index < -0.39 is 15.6 Å². The van der Waals surface area contributed by atoms with Gasteiger partial charge in [-0.1, -0.05) is 43.2 Å². The molecule has 2 N–H and O–H groups in total. The molecule has 3 rings (SSSR count). The number of methoxy groups -OCH3 is 1. The molecule has 168 valence electrons. The minimum absolute atomic E-state index is 0.0452. The summed E-state index contributed by atoms with van der Waals surface area (Å²) in [5, 5.41) is 3.05. The second-order valence-corrected chi connectivity index (χ2v) is 10.9. The third-order valence-electron chi connectivity index (χ3n) is 5.69. The van der Waals surface area contributed by atoms with Gasteiger partial charge in [0.2, 0.25) is 10.0 Å². The maximum Gasteiger partial charge on any atom is 0.251 e. The van der Waals surface area contributed by atoms with Gasteiger partial charge >= 0.3 is 0 Å². The van der Waals surface area contributed by atoms with Gasteiger partial charge in [-0.2, -0.15) is 0 Å². The van der Waals surface area contributed by atoms with Crippen molar-refractivity contribution < 1.29 is 17.9 Å². The lowest BCUT2D eigenvalue weighted by molar-refractivity contribution is 0.0943. The number of sulfonamides is 1. The third-order valence-corrected chi connectivity index (χ3v) is 7.47. The molecule has 0 bridgehead atoms. The number of carbonyl (C=O) groups is 1. The molecule has 2 aromatic rings. The van der Waals surface area contributed by atoms with Gasteiger partial charge in [0.05, 0.1) is 7.11 Å². The quantitative estimate of drug-likeness (QED) is 0.676. The molecule has 1 saturated carbocycles. The van der Waals surface area contributed by atoms with Crippen molar-refractivity contribution >= 4 is 15.9 Å². The monoisotopic (exact) mass is 444 g/mol. The van der Waals surface area contributed by atoms with E-state index in [9.17, 15) is 13.2 Å². The smallest absolute Gasteiger partial charge is 0.251 e. The van der Waals surface area contributed by atoms with Crippen LogP contribution in [0.15, 0.2) is 53.4 Å². The van der Waals surface area contributed by atoms with Crippen molar-refractivity contribution in [2.24, 2.45) is 0 Å². The number of hydrogen-bond donors (Lipinski definition) is 2. The van der Waals surface area contributed by atoms with E-state index in [-0.39, 0.29) is 27.5 Å². The number of benzene rings is 2. The van der Waals surface area contributed by atoms with E-state index >= 15 is 0 Å². The lowest BCUT2D eigenvalue weighted by atomic mass is 9.79. The predicted octanol–water partition coefficient (Wildman–Crippen LogP) is 4.01. The van der Waals surface area contributed by atoms with Crippen LogP contribution in [-0.4, -0.2) is 33.5 Å².